The van der Waals surface area contributed by atoms with Crippen LogP contribution >= 0.6 is 0 Å². The molecular formula is C9H13N3O. The van der Waals surface area contributed by atoms with Crippen LogP contribution in [0.3, 0.4) is 0 Å². The molecule has 0 unspecified atom stereocenters. The number of hydrogen-bond donors (Lipinski definition) is 2. The predicted molar refractivity (Wildman–Crippen MR) is 51.0 cm³/mol. The molecule has 0 saturated carbocycles. The Labute approximate surface area is 77.0 Å². The van der Waals surface area contributed by atoms with Crippen molar-refractivity contribution < 1.29 is 4.79 Å². The molecule has 0 atom stereocenters. The van der Waals surface area contributed by atoms with Crippen molar-refractivity contribution >= 4 is 12.0 Å². The van der Waals surface area contributed by atoms with Crippen molar-refractivity contribution in [1.29, 1.82) is 0 Å². The summed E-state index contributed by atoms with van der Waals surface area (Å²) in [5.74, 6) is -0.0198. The van der Waals surface area contributed by atoms with Crippen LogP contribution in [-0.4, -0.2) is 22.6 Å². The normalized spacial score (nSPS) is 10.6. The van der Waals surface area contributed by atoms with Gasteiger partial charge in [0.2, 0.25) is 5.91 Å². The Bertz CT molecular complexity index is 314. The minimum atomic E-state index is -0.0198. The van der Waals surface area contributed by atoms with Crippen LogP contribution in [0.4, 0.5) is 0 Å². The van der Waals surface area contributed by atoms with Gasteiger partial charge in [0.1, 0.15) is 0 Å². The lowest BCUT2D eigenvalue weighted by Gasteiger charge is -1.93. The lowest BCUT2D eigenvalue weighted by atomic mass is 10.2. The number of rotatable bonds is 3. The smallest absolute Gasteiger partial charge is 0.217 e. The van der Waals surface area contributed by atoms with Crippen LogP contribution in [0.5, 0.6) is 0 Å². The Kier molecular flexibility index (Phi) is 3.25. The molecule has 0 fully saturated rings. The van der Waals surface area contributed by atoms with E-state index in [-0.39, 0.29) is 5.91 Å². The summed E-state index contributed by atoms with van der Waals surface area (Å²) < 4.78 is 0. The molecule has 1 aromatic heterocycles. The Morgan fingerprint density at radius 2 is 2.54 bits per heavy atom. The van der Waals surface area contributed by atoms with Gasteiger partial charge in [-0.2, -0.15) is 5.10 Å². The second-order valence-electron chi connectivity index (χ2n) is 2.79. The molecule has 1 aromatic rings. The zero-order chi connectivity index (χ0) is 9.68. The molecule has 0 aromatic carbocycles. The highest BCUT2D eigenvalue weighted by atomic mass is 16.1. The second-order valence-corrected chi connectivity index (χ2v) is 2.79. The molecule has 13 heavy (non-hydrogen) atoms. The molecular weight excluding hydrogens is 166 g/mol. The Balaban J connectivity index is 2.41. The van der Waals surface area contributed by atoms with Crippen LogP contribution in [0, 0.1) is 6.92 Å². The fourth-order valence-corrected chi connectivity index (χ4v) is 0.917. The van der Waals surface area contributed by atoms with Crippen molar-refractivity contribution in [2.24, 2.45) is 0 Å². The van der Waals surface area contributed by atoms with Crippen LogP contribution in [-0.2, 0) is 4.79 Å². The number of aryl methyl sites for hydroxylation is 1. The van der Waals surface area contributed by atoms with Gasteiger partial charge >= 0.3 is 0 Å². The van der Waals surface area contributed by atoms with E-state index in [0.29, 0.717) is 6.54 Å². The molecule has 1 amide bonds. The van der Waals surface area contributed by atoms with Crippen molar-refractivity contribution in [1.82, 2.24) is 15.5 Å². The standard InChI is InChI=1S/C9H13N3O/c1-7-9(6-11-12-7)4-3-5-10-8(2)13/h3-4,6H,5H2,1-2H3,(H,10,13)(H,11,12). The lowest BCUT2D eigenvalue weighted by Crippen LogP contribution is -2.19. The van der Waals surface area contributed by atoms with E-state index in [2.05, 4.69) is 15.5 Å². The van der Waals surface area contributed by atoms with Crippen LogP contribution in [0.2, 0.25) is 0 Å². The third kappa shape index (κ3) is 3.11. The summed E-state index contributed by atoms with van der Waals surface area (Å²) in [7, 11) is 0. The largest absolute Gasteiger partial charge is 0.353 e. The lowest BCUT2D eigenvalue weighted by molar-refractivity contribution is -0.118. The van der Waals surface area contributed by atoms with E-state index < -0.39 is 0 Å². The Hall–Kier alpha value is -1.58. The average molecular weight is 179 g/mol. The number of aromatic amines is 1. The van der Waals surface area contributed by atoms with Crippen molar-refractivity contribution in [3.8, 4) is 0 Å². The first kappa shape index (κ1) is 9.51. The SMILES string of the molecule is CC(=O)NCC=Cc1cn[nH]c1C. The minimum absolute atomic E-state index is 0.0198. The monoisotopic (exact) mass is 179 g/mol. The molecule has 4 nitrogen and oxygen atoms in total. The first-order valence-corrected chi connectivity index (χ1v) is 4.11. The highest BCUT2D eigenvalue weighted by molar-refractivity contribution is 5.73. The molecule has 0 aliphatic heterocycles. The number of nitrogens with one attached hydrogen (secondary N) is 2. The topological polar surface area (TPSA) is 57.8 Å². The van der Waals surface area contributed by atoms with Crippen LogP contribution in [0.1, 0.15) is 18.2 Å². The molecule has 1 rings (SSSR count). The Morgan fingerprint density at radius 1 is 1.77 bits per heavy atom. The van der Waals surface area contributed by atoms with E-state index in [9.17, 15) is 4.79 Å². The number of H-pyrrole nitrogens is 1. The van der Waals surface area contributed by atoms with Gasteiger partial charge in [0.25, 0.3) is 0 Å². The molecule has 4 heteroatoms. The van der Waals surface area contributed by atoms with E-state index in [1.165, 1.54) is 6.92 Å². The fourth-order valence-electron chi connectivity index (χ4n) is 0.917. The van der Waals surface area contributed by atoms with Gasteiger partial charge in [0, 0.05) is 24.7 Å². The third-order valence-electron chi connectivity index (χ3n) is 1.64. The molecule has 70 valence electrons. The van der Waals surface area contributed by atoms with Gasteiger partial charge in [-0.05, 0) is 6.92 Å². The zero-order valence-electron chi connectivity index (χ0n) is 7.79. The number of aromatic nitrogens is 2. The molecule has 0 saturated heterocycles. The highest BCUT2D eigenvalue weighted by Gasteiger charge is 1.93. The van der Waals surface area contributed by atoms with Crippen molar-refractivity contribution in [2.45, 2.75) is 13.8 Å². The molecule has 0 aliphatic rings. The molecule has 0 radical (unpaired) electrons. The molecule has 0 aliphatic carbocycles. The summed E-state index contributed by atoms with van der Waals surface area (Å²) >= 11 is 0. The first-order chi connectivity index (χ1) is 6.20. The highest BCUT2D eigenvalue weighted by Crippen LogP contribution is 2.03. The summed E-state index contributed by atoms with van der Waals surface area (Å²) in [4.78, 5) is 10.5. The minimum Gasteiger partial charge on any atom is -0.353 e. The molecule has 0 bridgehead atoms. The number of carbonyl (C=O) groups excluding carboxylic acids is 1. The fraction of sp³-hybridized carbons (Fsp3) is 0.333. The summed E-state index contributed by atoms with van der Waals surface area (Å²) in [5.41, 5.74) is 2.07. The van der Waals surface area contributed by atoms with Gasteiger partial charge in [-0.25, -0.2) is 0 Å². The van der Waals surface area contributed by atoms with Gasteiger partial charge in [-0.3, -0.25) is 9.89 Å². The maximum atomic E-state index is 10.5. The number of amides is 1. The third-order valence-corrected chi connectivity index (χ3v) is 1.64. The summed E-state index contributed by atoms with van der Waals surface area (Å²) in [6, 6.07) is 0. The van der Waals surface area contributed by atoms with Crippen molar-refractivity contribution in [2.75, 3.05) is 6.54 Å². The van der Waals surface area contributed by atoms with Gasteiger partial charge in [0.05, 0.1) is 6.20 Å². The second kappa shape index (κ2) is 4.45. The number of carbonyl (C=O) groups is 1. The average Bonchev–Trinajstić information content (AvgIpc) is 2.45. The zero-order valence-corrected chi connectivity index (χ0v) is 7.79. The summed E-state index contributed by atoms with van der Waals surface area (Å²) in [5, 5.41) is 9.37. The van der Waals surface area contributed by atoms with Crippen molar-refractivity contribution in [3.63, 3.8) is 0 Å². The quantitative estimate of drug-likeness (QED) is 0.723. The maximum Gasteiger partial charge on any atom is 0.217 e. The van der Waals surface area contributed by atoms with Gasteiger partial charge in [-0.1, -0.05) is 12.2 Å². The predicted octanol–water partition coefficient (Wildman–Crippen LogP) is 0.867. The first-order valence-electron chi connectivity index (χ1n) is 4.11. The summed E-state index contributed by atoms with van der Waals surface area (Å²) in [6.07, 6.45) is 5.56. The van der Waals surface area contributed by atoms with E-state index in [4.69, 9.17) is 0 Å². The van der Waals surface area contributed by atoms with Crippen LogP contribution in [0.15, 0.2) is 12.3 Å². The van der Waals surface area contributed by atoms with E-state index in [0.717, 1.165) is 11.3 Å². The maximum absolute atomic E-state index is 10.5. The number of nitrogens with zero attached hydrogens (tertiary/aromatic N) is 1. The Morgan fingerprint density at radius 3 is 3.08 bits per heavy atom. The van der Waals surface area contributed by atoms with E-state index >= 15 is 0 Å². The summed E-state index contributed by atoms with van der Waals surface area (Å²) in [6.45, 7) is 4.00. The van der Waals surface area contributed by atoms with Crippen molar-refractivity contribution in [3.05, 3.63) is 23.5 Å². The number of hydrogen-bond acceptors (Lipinski definition) is 2. The molecule has 2 N–H and O–H groups in total. The molecule has 1 heterocycles. The van der Waals surface area contributed by atoms with Crippen LogP contribution < -0.4 is 5.32 Å². The van der Waals surface area contributed by atoms with E-state index in [1.54, 1.807) is 6.20 Å². The van der Waals surface area contributed by atoms with Gasteiger partial charge in [-0.15, -0.1) is 0 Å². The van der Waals surface area contributed by atoms with Gasteiger partial charge in [0.15, 0.2) is 0 Å². The molecule has 0 spiro atoms. The van der Waals surface area contributed by atoms with Crippen LogP contribution in [0.25, 0.3) is 6.08 Å². The van der Waals surface area contributed by atoms with E-state index in [1.807, 2.05) is 19.1 Å². The van der Waals surface area contributed by atoms with Gasteiger partial charge < -0.3 is 5.32 Å².